The number of halogens is 2. The molecule has 7 heteroatoms. The van der Waals surface area contributed by atoms with E-state index in [0.29, 0.717) is 39.2 Å². The zero-order valence-electron chi connectivity index (χ0n) is 12.2. The van der Waals surface area contributed by atoms with E-state index in [9.17, 15) is 14.7 Å². The first-order valence-corrected chi connectivity index (χ1v) is 8.20. The molecule has 0 saturated carbocycles. The van der Waals surface area contributed by atoms with Gasteiger partial charge in [0.2, 0.25) is 0 Å². The molecule has 0 unspecified atom stereocenters. The average Bonchev–Trinajstić information content (AvgIpc) is 2.83. The van der Waals surface area contributed by atoms with Crippen LogP contribution in [0.5, 0.6) is 5.75 Å². The van der Waals surface area contributed by atoms with Crippen LogP contribution in [-0.2, 0) is 6.42 Å². The van der Waals surface area contributed by atoms with Crippen molar-refractivity contribution in [2.75, 3.05) is 5.32 Å². The maximum Gasteiger partial charge on any atom is 0.291 e. The number of ketones is 1. The van der Waals surface area contributed by atoms with Gasteiger partial charge in [0.25, 0.3) is 5.91 Å². The van der Waals surface area contributed by atoms with Crippen molar-refractivity contribution in [3.8, 4) is 5.75 Å². The Bertz CT molecular complexity index is 828. The maximum absolute atomic E-state index is 12.4. The second-order valence-corrected chi connectivity index (χ2v) is 6.66. The number of rotatable bonds is 2. The second kappa shape index (κ2) is 6.02. The molecular formula is C16H13BrClNO4. The van der Waals surface area contributed by atoms with E-state index in [1.54, 1.807) is 6.92 Å². The molecule has 2 aromatic rings. The molecule has 0 fully saturated rings. The van der Waals surface area contributed by atoms with Crippen molar-refractivity contribution in [1.29, 1.82) is 0 Å². The van der Waals surface area contributed by atoms with E-state index in [0.717, 1.165) is 6.42 Å². The molecular weight excluding hydrogens is 386 g/mol. The summed E-state index contributed by atoms with van der Waals surface area (Å²) in [5.74, 6) is -0.0250. The smallest absolute Gasteiger partial charge is 0.291 e. The number of anilines is 1. The third-order valence-electron chi connectivity index (χ3n) is 3.79. The number of fused-ring (bicyclic) bond motifs is 1. The third-order valence-corrected chi connectivity index (χ3v) is 4.61. The minimum atomic E-state index is -0.533. The van der Waals surface area contributed by atoms with Gasteiger partial charge in [0.05, 0.1) is 15.7 Å². The number of hydrogen-bond acceptors (Lipinski definition) is 4. The first-order valence-electron chi connectivity index (χ1n) is 7.03. The van der Waals surface area contributed by atoms with Gasteiger partial charge in [0.15, 0.2) is 17.3 Å². The lowest BCUT2D eigenvalue weighted by Gasteiger charge is -2.08. The number of Topliss-reactive ketones (excluding diaryl/α,β-unsaturated/α-hetero) is 1. The van der Waals surface area contributed by atoms with Crippen LogP contribution in [0.15, 0.2) is 21.0 Å². The van der Waals surface area contributed by atoms with Gasteiger partial charge in [-0.15, -0.1) is 0 Å². The minimum absolute atomic E-state index is 0.0000952. The Hall–Kier alpha value is -1.79. The summed E-state index contributed by atoms with van der Waals surface area (Å²) in [6, 6.07) is 2.95. The molecule has 0 radical (unpaired) electrons. The molecule has 1 aliphatic rings. The van der Waals surface area contributed by atoms with Crippen molar-refractivity contribution < 1.29 is 19.1 Å². The molecule has 5 nitrogen and oxygen atoms in total. The van der Waals surface area contributed by atoms with Gasteiger partial charge in [-0.3, -0.25) is 9.59 Å². The van der Waals surface area contributed by atoms with Crippen molar-refractivity contribution in [1.82, 2.24) is 0 Å². The predicted octanol–water partition coefficient (Wildman–Crippen LogP) is 4.48. The number of benzene rings is 1. The number of aromatic hydroxyl groups is 1. The van der Waals surface area contributed by atoms with Crippen molar-refractivity contribution in [2.24, 2.45) is 0 Å². The Balaban J connectivity index is 1.95. The number of phenolic OH excluding ortho intramolecular Hbond substituents is 1. The van der Waals surface area contributed by atoms with Gasteiger partial charge in [-0.1, -0.05) is 11.6 Å². The van der Waals surface area contributed by atoms with E-state index in [-0.39, 0.29) is 23.0 Å². The first kappa shape index (κ1) is 16.1. The van der Waals surface area contributed by atoms with Crippen molar-refractivity contribution in [2.45, 2.75) is 26.2 Å². The summed E-state index contributed by atoms with van der Waals surface area (Å²) in [7, 11) is 0. The van der Waals surface area contributed by atoms with E-state index in [1.807, 2.05) is 0 Å². The van der Waals surface area contributed by atoms with Crippen LogP contribution >= 0.6 is 27.5 Å². The SMILES string of the molecule is Cc1c(C(=O)Nc2cc(Cl)cc(Br)c2O)oc2c1C(=O)CCC2. The molecule has 0 spiro atoms. The van der Waals surface area contributed by atoms with Gasteiger partial charge < -0.3 is 14.8 Å². The van der Waals surface area contributed by atoms with Crippen molar-refractivity contribution in [3.05, 3.63) is 44.3 Å². The standard InChI is InChI=1S/C16H13BrClNO4/c1-7-13-11(20)3-2-4-12(13)23-15(7)16(22)19-10-6-8(18)5-9(17)14(10)21/h5-6,21H,2-4H2,1H3,(H,19,22). The number of aryl methyl sites for hydroxylation is 1. The normalized spacial score (nSPS) is 13.8. The van der Waals surface area contributed by atoms with E-state index in [2.05, 4.69) is 21.2 Å². The Labute approximate surface area is 145 Å². The molecule has 0 aliphatic heterocycles. The number of phenols is 1. The fraction of sp³-hybridized carbons (Fsp3) is 0.250. The lowest BCUT2D eigenvalue weighted by atomic mass is 9.94. The lowest BCUT2D eigenvalue weighted by Crippen LogP contribution is -2.13. The number of carbonyl (C=O) groups excluding carboxylic acids is 2. The summed E-state index contributed by atoms with van der Waals surface area (Å²) in [6.45, 7) is 1.69. The fourth-order valence-corrected chi connectivity index (χ4v) is 3.52. The van der Waals surface area contributed by atoms with Crippen molar-refractivity contribution in [3.63, 3.8) is 0 Å². The van der Waals surface area contributed by atoms with Crippen LogP contribution in [0.3, 0.4) is 0 Å². The summed E-state index contributed by atoms with van der Waals surface area (Å²) < 4.78 is 5.95. The highest BCUT2D eigenvalue weighted by atomic mass is 79.9. The molecule has 1 heterocycles. The van der Waals surface area contributed by atoms with Crippen LogP contribution < -0.4 is 5.32 Å². The van der Waals surface area contributed by atoms with E-state index < -0.39 is 5.91 Å². The van der Waals surface area contributed by atoms with Crippen LogP contribution in [0, 0.1) is 6.92 Å². The van der Waals surface area contributed by atoms with Crippen molar-refractivity contribution >= 4 is 44.9 Å². The van der Waals surface area contributed by atoms with E-state index in [1.165, 1.54) is 12.1 Å². The molecule has 2 N–H and O–H groups in total. The van der Waals surface area contributed by atoms with Crippen LogP contribution in [0.25, 0.3) is 0 Å². The molecule has 0 bridgehead atoms. The van der Waals surface area contributed by atoms with E-state index >= 15 is 0 Å². The second-order valence-electron chi connectivity index (χ2n) is 5.37. The van der Waals surface area contributed by atoms with Gasteiger partial charge >= 0.3 is 0 Å². The number of amides is 1. The molecule has 120 valence electrons. The van der Waals surface area contributed by atoms with Crippen LogP contribution in [0.1, 0.15) is 45.1 Å². The summed E-state index contributed by atoms with van der Waals surface area (Å²) in [5, 5.41) is 12.9. The molecule has 1 aromatic carbocycles. The van der Waals surface area contributed by atoms with Gasteiger partial charge in [-0.2, -0.15) is 0 Å². The maximum atomic E-state index is 12.4. The molecule has 0 atom stereocenters. The fourth-order valence-electron chi connectivity index (χ4n) is 2.71. The monoisotopic (exact) mass is 397 g/mol. The molecule has 1 aromatic heterocycles. The van der Waals surface area contributed by atoms with Crippen LogP contribution in [0.4, 0.5) is 5.69 Å². The summed E-state index contributed by atoms with van der Waals surface area (Å²) in [6.07, 6.45) is 1.83. The average molecular weight is 399 g/mol. The highest BCUT2D eigenvalue weighted by Crippen LogP contribution is 2.36. The molecule has 3 rings (SSSR count). The van der Waals surface area contributed by atoms with Crippen LogP contribution in [-0.4, -0.2) is 16.8 Å². The molecule has 23 heavy (non-hydrogen) atoms. The van der Waals surface area contributed by atoms with Gasteiger partial charge in [0.1, 0.15) is 5.76 Å². The summed E-state index contributed by atoms with van der Waals surface area (Å²) in [5.41, 5.74) is 1.20. The highest BCUT2D eigenvalue weighted by Gasteiger charge is 2.29. The predicted molar refractivity (Wildman–Crippen MR) is 89.5 cm³/mol. The van der Waals surface area contributed by atoms with Gasteiger partial charge in [0, 0.05) is 23.4 Å². The number of nitrogens with one attached hydrogen (secondary N) is 1. The summed E-state index contributed by atoms with van der Waals surface area (Å²) >= 11 is 9.08. The Kier molecular flexibility index (Phi) is 4.21. The topological polar surface area (TPSA) is 79.5 Å². The zero-order chi connectivity index (χ0) is 16.7. The Morgan fingerprint density at radius 3 is 2.83 bits per heavy atom. The summed E-state index contributed by atoms with van der Waals surface area (Å²) in [4.78, 5) is 24.4. The first-order chi connectivity index (χ1) is 10.9. The third kappa shape index (κ3) is 2.88. The molecule has 1 amide bonds. The number of furan rings is 1. The Morgan fingerprint density at radius 2 is 2.13 bits per heavy atom. The van der Waals surface area contributed by atoms with Gasteiger partial charge in [-0.25, -0.2) is 0 Å². The molecule has 1 aliphatic carbocycles. The Morgan fingerprint density at radius 1 is 1.39 bits per heavy atom. The molecule has 0 saturated heterocycles. The van der Waals surface area contributed by atoms with Crippen LogP contribution in [0.2, 0.25) is 5.02 Å². The lowest BCUT2D eigenvalue weighted by molar-refractivity contribution is 0.0963. The number of hydrogen-bond donors (Lipinski definition) is 2. The quantitative estimate of drug-likeness (QED) is 0.731. The number of carbonyl (C=O) groups is 2. The highest BCUT2D eigenvalue weighted by molar-refractivity contribution is 9.10. The van der Waals surface area contributed by atoms with E-state index in [4.69, 9.17) is 16.0 Å². The minimum Gasteiger partial charge on any atom is -0.505 e. The zero-order valence-corrected chi connectivity index (χ0v) is 14.5. The van der Waals surface area contributed by atoms with Gasteiger partial charge in [-0.05, 0) is 41.4 Å². The largest absolute Gasteiger partial charge is 0.505 e.